The second-order valence-corrected chi connectivity index (χ2v) is 6.57. The highest BCUT2D eigenvalue weighted by Crippen LogP contribution is 2.38. The van der Waals surface area contributed by atoms with Gasteiger partial charge in [0.1, 0.15) is 6.10 Å². The van der Waals surface area contributed by atoms with Gasteiger partial charge in [0.15, 0.2) is 0 Å². The summed E-state index contributed by atoms with van der Waals surface area (Å²) in [5.74, 6) is 0. The minimum absolute atomic E-state index is 0.530. The van der Waals surface area contributed by atoms with Crippen molar-refractivity contribution < 1.29 is 5.11 Å². The van der Waals surface area contributed by atoms with Crippen molar-refractivity contribution in [2.75, 3.05) is 0 Å². The molecular formula is C12H9BrCl2OS. The molecule has 0 spiro atoms. The normalized spacial score (nSPS) is 12.8. The molecule has 17 heavy (non-hydrogen) atoms. The summed E-state index contributed by atoms with van der Waals surface area (Å²) in [6.45, 7) is 1.91. The summed E-state index contributed by atoms with van der Waals surface area (Å²) in [6.07, 6.45) is -0.740. The first-order valence-electron chi connectivity index (χ1n) is 4.88. The molecule has 0 aliphatic rings. The highest BCUT2D eigenvalue weighted by molar-refractivity contribution is 9.10. The van der Waals surface area contributed by atoms with E-state index in [2.05, 4.69) is 15.9 Å². The zero-order valence-electron chi connectivity index (χ0n) is 8.88. The Morgan fingerprint density at radius 1 is 1.35 bits per heavy atom. The first-order chi connectivity index (χ1) is 8.00. The van der Waals surface area contributed by atoms with E-state index >= 15 is 0 Å². The first-order valence-corrected chi connectivity index (χ1v) is 7.25. The number of aryl methyl sites for hydroxylation is 1. The van der Waals surface area contributed by atoms with Gasteiger partial charge in [-0.1, -0.05) is 35.3 Å². The summed E-state index contributed by atoms with van der Waals surface area (Å²) in [5, 5.41) is 10.8. The zero-order chi connectivity index (χ0) is 12.6. The molecule has 0 amide bonds. The summed E-state index contributed by atoms with van der Waals surface area (Å²) in [5.41, 5.74) is 1.65. The van der Waals surface area contributed by atoms with Crippen LogP contribution >= 0.6 is 50.5 Å². The fourth-order valence-corrected chi connectivity index (χ4v) is 3.34. The number of aliphatic hydroxyl groups excluding tert-OH is 1. The van der Waals surface area contributed by atoms with Crippen LogP contribution in [0.3, 0.4) is 0 Å². The molecule has 0 aliphatic carbocycles. The van der Waals surface area contributed by atoms with E-state index in [4.69, 9.17) is 23.2 Å². The quantitative estimate of drug-likeness (QED) is 0.787. The van der Waals surface area contributed by atoms with Gasteiger partial charge < -0.3 is 5.11 Å². The minimum atomic E-state index is -0.740. The zero-order valence-corrected chi connectivity index (χ0v) is 12.8. The standard InChI is InChI=1S/C12H9BrCl2OS/c1-6-5-9(17-12(6)15)11(16)7-3-2-4-8(13)10(7)14/h2-5,11,16H,1H3. The van der Waals surface area contributed by atoms with Gasteiger partial charge in [0.25, 0.3) is 0 Å². The number of benzene rings is 1. The molecule has 1 nitrogen and oxygen atoms in total. The van der Waals surface area contributed by atoms with E-state index in [0.29, 0.717) is 14.9 Å². The third kappa shape index (κ3) is 2.69. The van der Waals surface area contributed by atoms with Gasteiger partial charge in [-0.05, 0) is 40.5 Å². The van der Waals surface area contributed by atoms with Crippen molar-refractivity contribution in [3.8, 4) is 0 Å². The molecule has 0 bridgehead atoms. The Morgan fingerprint density at radius 3 is 2.65 bits per heavy atom. The van der Waals surface area contributed by atoms with Crippen molar-refractivity contribution in [3.63, 3.8) is 0 Å². The van der Waals surface area contributed by atoms with E-state index in [1.165, 1.54) is 11.3 Å². The van der Waals surface area contributed by atoms with Gasteiger partial charge in [0.05, 0.1) is 9.36 Å². The molecule has 0 saturated heterocycles. The highest BCUT2D eigenvalue weighted by atomic mass is 79.9. The Morgan fingerprint density at radius 2 is 2.06 bits per heavy atom. The molecule has 0 aliphatic heterocycles. The third-order valence-corrected chi connectivity index (χ3v) is 5.34. The van der Waals surface area contributed by atoms with Crippen LogP contribution in [-0.4, -0.2) is 5.11 Å². The number of aliphatic hydroxyl groups is 1. The van der Waals surface area contributed by atoms with Crippen LogP contribution in [0, 0.1) is 6.92 Å². The van der Waals surface area contributed by atoms with Gasteiger partial charge in [0, 0.05) is 14.9 Å². The lowest BCUT2D eigenvalue weighted by Gasteiger charge is -2.11. The smallest absolute Gasteiger partial charge is 0.115 e. The molecule has 2 aromatic rings. The molecule has 5 heteroatoms. The number of thiophene rings is 1. The molecular weight excluding hydrogens is 343 g/mol. The molecule has 1 N–H and O–H groups in total. The SMILES string of the molecule is Cc1cc(C(O)c2cccc(Br)c2Cl)sc1Cl. The average molecular weight is 352 g/mol. The lowest BCUT2D eigenvalue weighted by Crippen LogP contribution is -1.98. The van der Waals surface area contributed by atoms with Crippen molar-refractivity contribution in [1.82, 2.24) is 0 Å². The van der Waals surface area contributed by atoms with Gasteiger partial charge in [-0.25, -0.2) is 0 Å². The molecule has 1 aromatic carbocycles. The van der Waals surface area contributed by atoms with Crippen LogP contribution in [0.2, 0.25) is 9.36 Å². The lowest BCUT2D eigenvalue weighted by atomic mass is 10.1. The Hall–Kier alpha value is -0.0600. The van der Waals surface area contributed by atoms with Crippen LogP contribution in [0.1, 0.15) is 22.1 Å². The van der Waals surface area contributed by atoms with Gasteiger partial charge >= 0.3 is 0 Å². The fraction of sp³-hybridized carbons (Fsp3) is 0.167. The lowest BCUT2D eigenvalue weighted by molar-refractivity contribution is 0.224. The van der Waals surface area contributed by atoms with Crippen LogP contribution in [-0.2, 0) is 0 Å². The van der Waals surface area contributed by atoms with E-state index in [0.717, 1.165) is 14.9 Å². The first kappa shape index (κ1) is 13.4. The molecule has 1 aromatic heterocycles. The maximum absolute atomic E-state index is 10.3. The van der Waals surface area contributed by atoms with Gasteiger partial charge in [-0.15, -0.1) is 11.3 Å². The van der Waals surface area contributed by atoms with E-state index in [-0.39, 0.29) is 0 Å². The number of halogens is 3. The van der Waals surface area contributed by atoms with Gasteiger partial charge in [-0.3, -0.25) is 0 Å². The molecule has 1 atom stereocenters. The summed E-state index contributed by atoms with van der Waals surface area (Å²) in [7, 11) is 0. The molecule has 0 radical (unpaired) electrons. The fourth-order valence-electron chi connectivity index (χ4n) is 1.50. The largest absolute Gasteiger partial charge is 0.383 e. The van der Waals surface area contributed by atoms with Gasteiger partial charge in [0.2, 0.25) is 0 Å². The van der Waals surface area contributed by atoms with Crippen molar-refractivity contribution in [1.29, 1.82) is 0 Å². The topological polar surface area (TPSA) is 20.2 Å². The Balaban J connectivity index is 2.43. The number of hydrogen-bond donors (Lipinski definition) is 1. The van der Waals surface area contributed by atoms with Crippen molar-refractivity contribution in [2.24, 2.45) is 0 Å². The molecule has 0 saturated carbocycles. The van der Waals surface area contributed by atoms with E-state index in [1.54, 1.807) is 6.07 Å². The van der Waals surface area contributed by atoms with E-state index < -0.39 is 6.10 Å². The second kappa shape index (κ2) is 5.29. The number of hydrogen-bond acceptors (Lipinski definition) is 2. The Kier molecular flexibility index (Phi) is 4.16. The van der Waals surface area contributed by atoms with E-state index in [9.17, 15) is 5.11 Å². The third-order valence-electron chi connectivity index (χ3n) is 2.42. The predicted octanol–water partition coefficient (Wildman–Crippen LogP) is 5.21. The van der Waals surface area contributed by atoms with E-state index in [1.807, 2.05) is 25.1 Å². The highest BCUT2D eigenvalue weighted by Gasteiger charge is 2.18. The monoisotopic (exact) mass is 350 g/mol. The second-order valence-electron chi connectivity index (χ2n) is 3.65. The average Bonchev–Trinajstić information content (AvgIpc) is 2.62. The Labute approximate surface area is 122 Å². The van der Waals surface area contributed by atoms with Crippen LogP contribution in [0.15, 0.2) is 28.7 Å². The van der Waals surface area contributed by atoms with Crippen LogP contribution in [0.25, 0.3) is 0 Å². The maximum atomic E-state index is 10.3. The van der Waals surface area contributed by atoms with Crippen LogP contribution in [0.5, 0.6) is 0 Å². The maximum Gasteiger partial charge on any atom is 0.115 e. The van der Waals surface area contributed by atoms with Crippen LogP contribution < -0.4 is 0 Å². The number of rotatable bonds is 2. The molecule has 2 rings (SSSR count). The van der Waals surface area contributed by atoms with Crippen molar-refractivity contribution in [3.05, 3.63) is 54.1 Å². The summed E-state index contributed by atoms with van der Waals surface area (Å²) in [4.78, 5) is 0.799. The summed E-state index contributed by atoms with van der Waals surface area (Å²) < 4.78 is 1.47. The van der Waals surface area contributed by atoms with Crippen molar-refractivity contribution >= 4 is 50.5 Å². The molecule has 0 fully saturated rings. The van der Waals surface area contributed by atoms with Crippen molar-refractivity contribution in [2.45, 2.75) is 13.0 Å². The molecule has 1 heterocycles. The Bertz CT molecular complexity index is 534. The minimum Gasteiger partial charge on any atom is -0.383 e. The summed E-state index contributed by atoms with van der Waals surface area (Å²) >= 11 is 16.9. The molecule has 1 unspecified atom stereocenters. The summed E-state index contributed by atoms with van der Waals surface area (Å²) in [6, 6.07) is 7.37. The van der Waals surface area contributed by atoms with Gasteiger partial charge in [-0.2, -0.15) is 0 Å². The predicted molar refractivity (Wildman–Crippen MR) is 77.3 cm³/mol. The molecule has 90 valence electrons. The van der Waals surface area contributed by atoms with Crippen LogP contribution in [0.4, 0.5) is 0 Å².